The van der Waals surface area contributed by atoms with Gasteiger partial charge in [0.25, 0.3) is 0 Å². The summed E-state index contributed by atoms with van der Waals surface area (Å²) in [6.07, 6.45) is 1.12. The molecule has 0 amide bonds. The van der Waals surface area contributed by atoms with Crippen LogP contribution in [-0.2, 0) is 0 Å². The molecule has 1 atom stereocenters. The SMILES string of the molecule is CC.CCC(CN)NC. The zero-order valence-electron chi connectivity index (χ0n) is 7.07. The molecule has 0 aliphatic rings. The van der Waals surface area contributed by atoms with Gasteiger partial charge < -0.3 is 11.1 Å². The fraction of sp³-hybridized carbons (Fsp3) is 1.00. The van der Waals surface area contributed by atoms with Gasteiger partial charge in [0, 0.05) is 12.6 Å². The molecular formula is C7H20N2. The average Bonchev–Trinajstić information content (AvgIpc) is 1.96. The van der Waals surface area contributed by atoms with Crippen LogP contribution < -0.4 is 11.1 Å². The van der Waals surface area contributed by atoms with Crippen molar-refractivity contribution in [3.63, 3.8) is 0 Å². The lowest BCUT2D eigenvalue weighted by molar-refractivity contribution is 0.556. The van der Waals surface area contributed by atoms with Crippen molar-refractivity contribution >= 4 is 0 Å². The van der Waals surface area contributed by atoms with Gasteiger partial charge in [-0.05, 0) is 13.5 Å². The van der Waals surface area contributed by atoms with Crippen molar-refractivity contribution < 1.29 is 0 Å². The van der Waals surface area contributed by atoms with Crippen LogP contribution in [0.2, 0.25) is 0 Å². The number of nitrogens with one attached hydrogen (secondary N) is 1. The van der Waals surface area contributed by atoms with E-state index in [9.17, 15) is 0 Å². The predicted octanol–water partition coefficient (Wildman–Crippen LogP) is 0.969. The van der Waals surface area contributed by atoms with E-state index < -0.39 is 0 Å². The minimum Gasteiger partial charge on any atom is -0.329 e. The van der Waals surface area contributed by atoms with Crippen LogP contribution in [0.4, 0.5) is 0 Å². The molecule has 0 radical (unpaired) electrons. The lowest BCUT2D eigenvalue weighted by atomic mass is 10.2. The molecule has 0 aromatic heterocycles. The van der Waals surface area contributed by atoms with Gasteiger partial charge in [0.1, 0.15) is 0 Å². The van der Waals surface area contributed by atoms with E-state index >= 15 is 0 Å². The summed E-state index contributed by atoms with van der Waals surface area (Å²) in [7, 11) is 1.93. The second-order valence-corrected chi connectivity index (χ2v) is 1.63. The van der Waals surface area contributed by atoms with Crippen LogP contribution in [0.5, 0.6) is 0 Å². The van der Waals surface area contributed by atoms with E-state index in [1.807, 2.05) is 20.9 Å². The van der Waals surface area contributed by atoms with Crippen molar-refractivity contribution in [2.45, 2.75) is 33.2 Å². The maximum Gasteiger partial charge on any atom is 0.0184 e. The molecule has 0 aliphatic carbocycles. The molecule has 0 bridgehead atoms. The van der Waals surface area contributed by atoms with Crippen LogP contribution in [0.25, 0.3) is 0 Å². The summed E-state index contributed by atoms with van der Waals surface area (Å²) in [4.78, 5) is 0. The van der Waals surface area contributed by atoms with Gasteiger partial charge in [-0.25, -0.2) is 0 Å². The van der Waals surface area contributed by atoms with Gasteiger partial charge in [0.05, 0.1) is 0 Å². The molecule has 2 nitrogen and oxygen atoms in total. The smallest absolute Gasteiger partial charge is 0.0184 e. The van der Waals surface area contributed by atoms with Crippen molar-refractivity contribution in [1.82, 2.24) is 5.32 Å². The zero-order valence-corrected chi connectivity index (χ0v) is 7.07. The zero-order chi connectivity index (χ0) is 7.70. The van der Waals surface area contributed by atoms with Gasteiger partial charge >= 0.3 is 0 Å². The molecule has 9 heavy (non-hydrogen) atoms. The summed E-state index contributed by atoms with van der Waals surface area (Å²) in [5, 5.41) is 3.08. The molecule has 0 spiro atoms. The van der Waals surface area contributed by atoms with Gasteiger partial charge in [-0.1, -0.05) is 20.8 Å². The third-order valence-electron chi connectivity index (χ3n) is 1.19. The second kappa shape index (κ2) is 10.8. The Morgan fingerprint density at radius 1 is 1.44 bits per heavy atom. The van der Waals surface area contributed by atoms with Crippen LogP contribution in [0.15, 0.2) is 0 Å². The van der Waals surface area contributed by atoms with E-state index in [2.05, 4.69) is 12.2 Å². The molecule has 0 heterocycles. The first-order valence-corrected chi connectivity index (χ1v) is 3.72. The maximum atomic E-state index is 5.33. The lowest BCUT2D eigenvalue weighted by Gasteiger charge is -2.08. The highest BCUT2D eigenvalue weighted by Crippen LogP contribution is 1.82. The largest absolute Gasteiger partial charge is 0.329 e. The van der Waals surface area contributed by atoms with Crippen molar-refractivity contribution in [1.29, 1.82) is 0 Å². The standard InChI is InChI=1S/C5H14N2.C2H6/c1-3-5(4-6)7-2;1-2/h5,7H,3-4,6H2,1-2H3;1-2H3. The summed E-state index contributed by atoms with van der Waals surface area (Å²) in [6, 6.07) is 0.514. The van der Waals surface area contributed by atoms with E-state index in [1.54, 1.807) is 0 Å². The maximum absolute atomic E-state index is 5.33. The van der Waals surface area contributed by atoms with Gasteiger partial charge in [0.2, 0.25) is 0 Å². The fourth-order valence-electron chi connectivity index (χ4n) is 0.489. The first kappa shape index (κ1) is 11.7. The predicted molar refractivity (Wildman–Crippen MR) is 43.5 cm³/mol. The third-order valence-corrected chi connectivity index (χ3v) is 1.19. The number of hydrogen-bond donors (Lipinski definition) is 2. The minimum atomic E-state index is 0.514. The highest BCUT2D eigenvalue weighted by Gasteiger charge is 1.94. The molecule has 0 rings (SSSR count). The first-order chi connectivity index (χ1) is 4.35. The van der Waals surface area contributed by atoms with Crippen LogP contribution in [0, 0.1) is 0 Å². The summed E-state index contributed by atoms with van der Waals surface area (Å²) in [5.74, 6) is 0. The molecule has 0 aromatic rings. The Bertz CT molecular complexity index is 28.4. The molecule has 3 N–H and O–H groups in total. The molecule has 0 aromatic carbocycles. The number of nitrogens with two attached hydrogens (primary N) is 1. The van der Waals surface area contributed by atoms with E-state index in [4.69, 9.17) is 5.73 Å². The van der Waals surface area contributed by atoms with Crippen LogP contribution in [0.3, 0.4) is 0 Å². The summed E-state index contributed by atoms with van der Waals surface area (Å²) in [6.45, 7) is 6.86. The first-order valence-electron chi connectivity index (χ1n) is 3.72. The Morgan fingerprint density at radius 3 is 1.89 bits per heavy atom. The minimum absolute atomic E-state index is 0.514. The molecule has 1 unspecified atom stereocenters. The van der Waals surface area contributed by atoms with Crippen molar-refractivity contribution in [2.24, 2.45) is 5.73 Å². The van der Waals surface area contributed by atoms with Crippen LogP contribution in [0.1, 0.15) is 27.2 Å². The van der Waals surface area contributed by atoms with Crippen LogP contribution >= 0.6 is 0 Å². The Kier molecular flexibility index (Phi) is 14.0. The summed E-state index contributed by atoms with van der Waals surface area (Å²) < 4.78 is 0. The number of rotatable bonds is 3. The van der Waals surface area contributed by atoms with E-state index in [0.29, 0.717) is 6.04 Å². The van der Waals surface area contributed by atoms with E-state index in [1.165, 1.54) is 0 Å². The quantitative estimate of drug-likeness (QED) is 0.600. The Labute approximate surface area is 58.8 Å². The van der Waals surface area contributed by atoms with Crippen molar-refractivity contribution in [3.8, 4) is 0 Å². The average molecular weight is 132 g/mol. The van der Waals surface area contributed by atoms with E-state index in [0.717, 1.165) is 13.0 Å². The lowest BCUT2D eigenvalue weighted by Crippen LogP contribution is -2.32. The topological polar surface area (TPSA) is 38.0 Å². The number of likely N-dealkylation sites (N-methyl/N-ethyl adjacent to an activating group) is 1. The number of hydrogen-bond acceptors (Lipinski definition) is 2. The van der Waals surface area contributed by atoms with Crippen LogP contribution in [-0.4, -0.2) is 19.6 Å². The molecule has 0 saturated carbocycles. The normalized spacial score (nSPS) is 11.7. The molecule has 58 valence electrons. The molecule has 2 heteroatoms. The van der Waals surface area contributed by atoms with Crippen molar-refractivity contribution in [2.75, 3.05) is 13.6 Å². The van der Waals surface area contributed by atoms with Crippen molar-refractivity contribution in [3.05, 3.63) is 0 Å². The highest BCUT2D eigenvalue weighted by atomic mass is 14.9. The van der Waals surface area contributed by atoms with Gasteiger partial charge in [0.15, 0.2) is 0 Å². The highest BCUT2D eigenvalue weighted by molar-refractivity contribution is 4.60. The second-order valence-electron chi connectivity index (χ2n) is 1.63. The molecule has 0 saturated heterocycles. The van der Waals surface area contributed by atoms with E-state index in [-0.39, 0.29) is 0 Å². The van der Waals surface area contributed by atoms with Gasteiger partial charge in [-0.2, -0.15) is 0 Å². The summed E-state index contributed by atoms with van der Waals surface area (Å²) in [5.41, 5.74) is 5.33. The summed E-state index contributed by atoms with van der Waals surface area (Å²) >= 11 is 0. The van der Waals surface area contributed by atoms with Gasteiger partial charge in [-0.15, -0.1) is 0 Å². The molecule has 0 fully saturated rings. The molecule has 0 aliphatic heterocycles. The third kappa shape index (κ3) is 7.92. The Balaban J connectivity index is 0. The molecular weight excluding hydrogens is 112 g/mol. The fourth-order valence-corrected chi connectivity index (χ4v) is 0.489. The Morgan fingerprint density at radius 2 is 1.89 bits per heavy atom. The van der Waals surface area contributed by atoms with Gasteiger partial charge in [-0.3, -0.25) is 0 Å². The monoisotopic (exact) mass is 132 g/mol. The Hall–Kier alpha value is -0.0800.